The van der Waals surface area contributed by atoms with Gasteiger partial charge >= 0.3 is 0 Å². The normalized spacial score (nSPS) is 19.7. The van der Waals surface area contributed by atoms with Crippen molar-refractivity contribution in [3.05, 3.63) is 48.0 Å². The molecule has 2 aromatic rings. The van der Waals surface area contributed by atoms with Crippen LogP contribution in [0.25, 0.3) is 5.69 Å². The second kappa shape index (κ2) is 4.34. The van der Waals surface area contributed by atoms with Crippen molar-refractivity contribution in [2.75, 3.05) is 6.54 Å². The summed E-state index contributed by atoms with van der Waals surface area (Å²) >= 11 is 0. The van der Waals surface area contributed by atoms with Crippen molar-refractivity contribution in [3.63, 3.8) is 0 Å². The van der Waals surface area contributed by atoms with Crippen molar-refractivity contribution < 1.29 is 0 Å². The largest absolute Gasteiger partial charge is 0.309 e. The zero-order valence-electron chi connectivity index (χ0n) is 10.1. The number of hydrogen-bond donors (Lipinski definition) is 1. The minimum Gasteiger partial charge on any atom is -0.309 e. The van der Waals surface area contributed by atoms with Crippen molar-refractivity contribution in [1.82, 2.24) is 14.9 Å². The predicted molar refractivity (Wildman–Crippen MR) is 68.3 cm³/mol. The van der Waals surface area contributed by atoms with E-state index in [1.54, 1.807) is 0 Å². The summed E-state index contributed by atoms with van der Waals surface area (Å²) in [6.45, 7) is 3.25. The van der Waals surface area contributed by atoms with Crippen molar-refractivity contribution in [2.45, 2.75) is 25.8 Å². The van der Waals surface area contributed by atoms with Crippen molar-refractivity contribution in [3.8, 4) is 5.69 Å². The molecule has 0 aliphatic carbocycles. The number of imidazole rings is 1. The molecule has 2 heterocycles. The Morgan fingerprint density at radius 3 is 3.00 bits per heavy atom. The van der Waals surface area contributed by atoms with Crippen LogP contribution in [0.5, 0.6) is 0 Å². The fourth-order valence-corrected chi connectivity index (χ4v) is 2.54. The molecule has 1 aromatic carbocycles. The van der Waals surface area contributed by atoms with Gasteiger partial charge in [-0.15, -0.1) is 0 Å². The van der Waals surface area contributed by atoms with Crippen LogP contribution in [0.2, 0.25) is 0 Å². The molecule has 1 N–H and O–H groups in total. The summed E-state index contributed by atoms with van der Waals surface area (Å²) in [5, 5.41) is 3.53. The average molecular weight is 227 g/mol. The molecule has 0 saturated carbocycles. The summed E-state index contributed by atoms with van der Waals surface area (Å²) in [6, 6.07) is 8.89. The molecule has 1 aliphatic rings. The minimum atomic E-state index is 0.456. The van der Waals surface area contributed by atoms with E-state index in [0.29, 0.717) is 6.04 Å². The molecule has 0 amide bonds. The maximum Gasteiger partial charge on any atom is 0.0994 e. The molecule has 0 radical (unpaired) electrons. The van der Waals surface area contributed by atoms with Crippen LogP contribution in [0.15, 0.2) is 36.8 Å². The van der Waals surface area contributed by atoms with E-state index in [-0.39, 0.29) is 0 Å². The number of aromatic nitrogens is 2. The smallest absolute Gasteiger partial charge is 0.0994 e. The first-order valence-corrected chi connectivity index (χ1v) is 6.18. The minimum absolute atomic E-state index is 0.456. The first kappa shape index (κ1) is 10.5. The number of benzene rings is 1. The summed E-state index contributed by atoms with van der Waals surface area (Å²) in [4.78, 5) is 4.31. The molecule has 1 unspecified atom stereocenters. The van der Waals surface area contributed by atoms with Gasteiger partial charge in [0.05, 0.1) is 18.2 Å². The molecule has 1 aliphatic heterocycles. The van der Waals surface area contributed by atoms with E-state index < -0.39 is 0 Å². The Kier molecular flexibility index (Phi) is 2.69. The van der Waals surface area contributed by atoms with E-state index in [1.807, 2.05) is 12.5 Å². The average Bonchev–Trinajstić information content (AvgIpc) is 3.00. The summed E-state index contributed by atoms with van der Waals surface area (Å²) in [7, 11) is 0. The zero-order valence-corrected chi connectivity index (χ0v) is 10.1. The van der Waals surface area contributed by atoms with Crippen LogP contribution in [0, 0.1) is 6.92 Å². The molecule has 1 atom stereocenters. The SMILES string of the molecule is Cc1ccccc1-n1cncc1C1CCCN1. The van der Waals surface area contributed by atoms with E-state index in [0.717, 1.165) is 6.54 Å². The maximum atomic E-state index is 4.31. The summed E-state index contributed by atoms with van der Waals surface area (Å²) < 4.78 is 2.21. The topological polar surface area (TPSA) is 29.9 Å². The van der Waals surface area contributed by atoms with Crippen LogP contribution >= 0.6 is 0 Å². The quantitative estimate of drug-likeness (QED) is 0.854. The number of nitrogens with zero attached hydrogens (tertiary/aromatic N) is 2. The fraction of sp³-hybridized carbons (Fsp3) is 0.357. The van der Waals surface area contributed by atoms with Crippen LogP contribution in [-0.4, -0.2) is 16.1 Å². The van der Waals surface area contributed by atoms with Crippen LogP contribution < -0.4 is 5.32 Å². The van der Waals surface area contributed by atoms with Crippen LogP contribution in [-0.2, 0) is 0 Å². The second-order valence-corrected chi connectivity index (χ2v) is 4.62. The Labute approximate surface area is 101 Å². The molecule has 0 bridgehead atoms. The fourth-order valence-electron chi connectivity index (χ4n) is 2.54. The third-order valence-electron chi connectivity index (χ3n) is 3.46. The van der Waals surface area contributed by atoms with Crippen molar-refractivity contribution >= 4 is 0 Å². The molecule has 0 spiro atoms. The van der Waals surface area contributed by atoms with Gasteiger partial charge in [0.2, 0.25) is 0 Å². The highest BCUT2D eigenvalue weighted by Gasteiger charge is 2.20. The second-order valence-electron chi connectivity index (χ2n) is 4.62. The van der Waals surface area contributed by atoms with Gasteiger partial charge in [-0.25, -0.2) is 4.98 Å². The van der Waals surface area contributed by atoms with Gasteiger partial charge in [0.15, 0.2) is 0 Å². The van der Waals surface area contributed by atoms with Gasteiger partial charge in [0.1, 0.15) is 0 Å². The highest BCUT2D eigenvalue weighted by atomic mass is 15.1. The Balaban J connectivity index is 2.04. The Morgan fingerprint density at radius 2 is 2.24 bits per heavy atom. The first-order chi connectivity index (χ1) is 8.36. The molecule has 3 rings (SSSR count). The first-order valence-electron chi connectivity index (χ1n) is 6.18. The van der Waals surface area contributed by atoms with Gasteiger partial charge in [0.25, 0.3) is 0 Å². The monoisotopic (exact) mass is 227 g/mol. The van der Waals surface area contributed by atoms with Gasteiger partial charge in [-0.2, -0.15) is 0 Å². The van der Waals surface area contributed by atoms with Crippen LogP contribution in [0.4, 0.5) is 0 Å². The van der Waals surface area contributed by atoms with Crippen molar-refractivity contribution in [2.24, 2.45) is 0 Å². The van der Waals surface area contributed by atoms with Gasteiger partial charge in [-0.1, -0.05) is 18.2 Å². The predicted octanol–water partition coefficient (Wildman–Crippen LogP) is 2.61. The lowest BCUT2D eigenvalue weighted by atomic mass is 10.1. The Morgan fingerprint density at radius 1 is 1.35 bits per heavy atom. The molecule has 3 heteroatoms. The molecule has 3 nitrogen and oxygen atoms in total. The lowest BCUT2D eigenvalue weighted by molar-refractivity contribution is 0.615. The van der Waals surface area contributed by atoms with Gasteiger partial charge < -0.3 is 9.88 Å². The molecule has 88 valence electrons. The highest BCUT2D eigenvalue weighted by Crippen LogP contribution is 2.25. The summed E-state index contributed by atoms with van der Waals surface area (Å²) in [5.41, 5.74) is 3.79. The number of hydrogen-bond acceptors (Lipinski definition) is 2. The van der Waals surface area contributed by atoms with Gasteiger partial charge in [-0.05, 0) is 37.9 Å². The number of aryl methyl sites for hydroxylation is 1. The Bertz CT molecular complexity index is 510. The van der Waals surface area contributed by atoms with E-state index in [9.17, 15) is 0 Å². The zero-order chi connectivity index (χ0) is 11.7. The number of nitrogens with one attached hydrogen (secondary N) is 1. The number of para-hydroxylation sites is 1. The molecule has 1 saturated heterocycles. The number of rotatable bonds is 2. The third kappa shape index (κ3) is 1.87. The van der Waals surface area contributed by atoms with Crippen LogP contribution in [0.1, 0.15) is 30.1 Å². The highest BCUT2D eigenvalue weighted by molar-refractivity contribution is 5.41. The molecule has 1 aromatic heterocycles. The molecule has 17 heavy (non-hydrogen) atoms. The summed E-state index contributed by atoms with van der Waals surface area (Å²) in [5.74, 6) is 0. The standard InChI is InChI=1S/C14H17N3/c1-11-5-2-3-7-13(11)17-10-15-9-14(17)12-6-4-8-16-12/h2-3,5,7,9-10,12,16H,4,6,8H2,1H3. The van der Waals surface area contributed by atoms with Gasteiger partial charge in [-0.3, -0.25) is 0 Å². The lowest BCUT2D eigenvalue weighted by Crippen LogP contribution is -2.16. The molecule has 1 fully saturated rings. The van der Waals surface area contributed by atoms with E-state index in [4.69, 9.17) is 0 Å². The van der Waals surface area contributed by atoms with E-state index in [2.05, 4.69) is 46.1 Å². The molecular weight excluding hydrogens is 210 g/mol. The summed E-state index contributed by atoms with van der Waals surface area (Å²) in [6.07, 6.45) is 6.36. The Hall–Kier alpha value is -1.61. The van der Waals surface area contributed by atoms with Gasteiger partial charge in [0, 0.05) is 11.7 Å². The lowest BCUT2D eigenvalue weighted by Gasteiger charge is -2.15. The third-order valence-corrected chi connectivity index (χ3v) is 3.46. The molecular formula is C14H17N3. The maximum absolute atomic E-state index is 4.31. The van der Waals surface area contributed by atoms with Crippen molar-refractivity contribution in [1.29, 1.82) is 0 Å². The van der Waals surface area contributed by atoms with E-state index >= 15 is 0 Å². The van der Waals surface area contributed by atoms with E-state index in [1.165, 1.54) is 29.8 Å². The van der Waals surface area contributed by atoms with Crippen LogP contribution in [0.3, 0.4) is 0 Å².